The molecule has 1 amide bonds. The fourth-order valence-corrected chi connectivity index (χ4v) is 3.43. The van der Waals surface area contributed by atoms with E-state index in [1.807, 2.05) is 24.3 Å². The van der Waals surface area contributed by atoms with Gasteiger partial charge in [0.05, 0.1) is 5.69 Å². The second-order valence-corrected chi connectivity index (χ2v) is 7.14. The molecule has 0 atom stereocenters. The molecule has 2 aromatic carbocycles. The van der Waals surface area contributed by atoms with Crippen LogP contribution in [0, 0.1) is 5.92 Å². The molecule has 3 rings (SSSR count). The van der Waals surface area contributed by atoms with Gasteiger partial charge in [0.2, 0.25) is 5.91 Å². The number of carbonyl (C=O) groups excluding carboxylic acids is 1. The Kier molecular flexibility index (Phi) is 5.84. The molecule has 1 aliphatic rings. The molecule has 1 heterocycles. The smallest absolute Gasteiger partial charge is 0.227 e. The predicted molar refractivity (Wildman–Crippen MR) is 101 cm³/mol. The number of nitrogens with zero attached hydrogens (tertiary/aromatic N) is 1. The zero-order valence-corrected chi connectivity index (χ0v) is 15.2. The summed E-state index contributed by atoms with van der Waals surface area (Å²) in [7, 11) is 0. The number of benzene rings is 2. The van der Waals surface area contributed by atoms with Gasteiger partial charge in [-0.2, -0.15) is 0 Å². The molecule has 132 valence electrons. The average Bonchev–Trinajstić information content (AvgIpc) is 2.61. The molecule has 1 saturated heterocycles. The second-order valence-electron chi connectivity index (χ2n) is 6.29. The maximum Gasteiger partial charge on any atom is 0.227 e. The third kappa shape index (κ3) is 4.66. The molecule has 6 heteroatoms. The lowest BCUT2D eigenvalue weighted by atomic mass is 9.95. The van der Waals surface area contributed by atoms with Crippen molar-refractivity contribution in [2.75, 3.05) is 18.4 Å². The van der Waals surface area contributed by atoms with Crippen LogP contribution in [0.2, 0.25) is 10.0 Å². The van der Waals surface area contributed by atoms with E-state index < -0.39 is 0 Å². The summed E-state index contributed by atoms with van der Waals surface area (Å²) in [4.78, 5) is 14.8. The summed E-state index contributed by atoms with van der Waals surface area (Å²) < 4.78 is 0. The van der Waals surface area contributed by atoms with E-state index >= 15 is 0 Å². The van der Waals surface area contributed by atoms with Gasteiger partial charge >= 0.3 is 0 Å². The van der Waals surface area contributed by atoms with Crippen LogP contribution in [0.15, 0.2) is 42.5 Å². The van der Waals surface area contributed by atoms with Crippen LogP contribution in [0.4, 0.5) is 5.69 Å². The lowest BCUT2D eigenvalue weighted by molar-refractivity contribution is -0.121. The normalized spacial score (nSPS) is 15.9. The molecule has 25 heavy (non-hydrogen) atoms. The van der Waals surface area contributed by atoms with Gasteiger partial charge in [-0.05, 0) is 55.8 Å². The summed E-state index contributed by atoms with van der Waals surface area (Å²) in [6.45, 7) is 2.47. The fourth-order valence-electron chi connectivity index (χ4n) is 3.06. The Bertz CT molecular complexity index is 759. The number of hydrogen-bond acceptors (Lipinski definition) is 3. The van der Waals surface area contributed by atoms with Gasteiger partial charge in [-0.15, -0.1) is 0 Å². The van der Waals surface area contributed by atoms with E-state index in [1.165, 1.54) is 6.07 Å². The molecule has 1 aliphatic heterocycles. The van der Waals surface area contributed by atoms with Crippen LogP contribution < -0.4 is 5.32 Å². The monoisotopic (exact) mass is 378 g/mol. The Hall–Kier alpha value is -1.75. The maximum absolute atomic E-state index is 12.4. The minimum atomic E-state index is -0.0741. The molecule has 1 fully saturated rings. The first-order valence-corrected chi connectivity index (χ1v) is 9.03. The molecular weight excluding hydrogens is 359 g/mol. The summed E-state index contributed by atoms with van der Waals surface area (Å²) in [5, 5.41) is 13.9. The van der Waals surface area contributed by atoms with Crippen molar-refractivity contribution in [1.29, 1.82) is 0 Å². The summed E-state index contributed by atoms with van der Waals surface area (Å²) in [6, 6.07) is 12.5. The number of carbonyl (C=O) groups is 1. The topological polar surface area (TPSA) is 52.6 Å². The molecular formula is C19H20Cl2N2O2. The highest BCUT2D eigenvalue weighted by molar-refractivity contribution is 6.31. The van der Waals surface area contributed by atoms with E-state index in [-0.39, 0.29) is 17.6 Å². The standard InChI is InChI=1S/C19H20Cl2N2O2/c20-15-5-6-18(24)17(11-15)22-19(25)13-7-9-23(10-8-13)12-14-3-1-2-4-16(14)21/h1-6,11,13,24H,7-10,12H2,(H,22,25). The number of anilines is 1. The predicted octanol–water partition coefficient (Wildman–Crippen LogP) is 4.55. The van der Waals surface area contributed by atoms with Crippen molar-refractivity contribution in [2.24, 2.45) is 5.92 Å². The minimum Gasteiger partial charge on any atom is -0.506 e. The van der Waals surface area contributed by atoms with Crippen LogP contribution in [0.1, 0.15) is 18.4 Å². The van der Waals surface area contributed by atoms with Gasteiger partial charge in [-0.1, -0.05) is 41.4 Å². The van der Waals surface area contributed by atoms with Crippen molar-refractivity contribution < 1.29 is 9.90 Å². The molecule has 0 bridgehead atoms. The highest BCUT2D eigenvalue weighted by atomic mass is 35.5. The summed E-state index contributed by atoms with van der Waals surface area (Å²) >= 11 is 12.1. The highest BCUT2D eigenvalue weighted by Gasteiger charge is 2.25. The van der Waals surface area contributed by atoms with Crippen molar-refractivity contribution in [3.8, 4) is 5.75 Å². The summed E-state index contributed by atoms with van der Waals surface area (Å²) in [5.41, 5.74) is 1.46. The first kappa shape index (κ1) is 18.1. The SMILES string of the molecule is O=C(Nc1cc(Cl)ccc1O)C1CCN(Cc2ccccc2Cl)CC1. The summed E-state index contributed by atoms with van der Waals surface area (Å²) in [5.74, 6) is -0.121. The molecule has 2 aromatic rings. The number of rotatable bonds is 4. The van der Waals surface area contributed by atoms with Crippen molar-refractivity contribution in [3.05, 3.63) is 58.1 Å². The van der Waals surface area contributed by atoms with E-state index in [2.05, 4.69) is 10.2 Å². The van der Waals surface area contributed by atoms with E-state index in [9.17, 15) is 9.90 Å². The number of aromatic hydroxyl groups is 1. The molecule has 2 N–H and O–H groups in total. The first-order chi connectivity index (χ1) is 12.0. The van der Waals surface area contributed by atoms with E-state index in [0.29, 0.717) is 10.7 Å². The maximum atomic E-state index is 12.4. The lowest BCUT2D eigenvalue weighted by Crippen LogP contribution is -2.37. The van der Waals surface area contributed by atoms with Crippen molar-refractivity contribution in [2.45, 2.75) is 19.4 Å². The van der Waals surface area contributed by atoms with Crippen LogP contribution in [0.25, 0.3) is 0 Å². The number of piperidine rings is 1. The second kappa shape index (κ2) is 8.09. The van der Waals surface area contributed by atoms with E-state index in [1.54, 1.807) is 12.1 Å². The minimum absolute atomic E-state index is 0.0221. The van der Waals surface area contributed by atoms with Gasteiger partial charge in [0.1, 0.15) is 5.75 Å². The molecule has 4 nitrogen and oxygen atoms in total. The van der Waals surface area contributed by atoms with Gasteiger partial charge in [0.25, 0.3) is 0 Å². The Morgan fingerprint density at radius 2 is 1.88 bits per heavy atom. The number of phenols is 1. The fraction of sp³-hybridized carbons (Fsp3) is 0.316. The zero-order chi connectivity index (χ0) is 17.8. The van der Waals surface area contributed by atoms with Crippen LogP contribution >= 0.6 is 23.2 Å². The van der Waals surface area contributed by atoms with Crippen LogP contribution in [-0.4, -0.2) is 29.0 Å². The third-order valence-corrected chi connectivity index (χ3v) is 5.13. The van der Waals surface area contributed by atoms with E-state index in [0.717, 1.165) is 43.1 Å². The number of likely N-dealkylation sites (tertiary alicyclic amines) is 1. The van der Waals surface area contributed by atoms with Gasteiger partial charge in [0.15, 0.2) is 0 Å². The quantitative estimate of drug-likeness (QED) is 0.767. The van der Waals surface area contributed by atoms with Gasteiger partial charge in [-0.3, -0.25) is 9.69 Å². The first-order valence-electron chi connectivity index (χ1n) is 8.28. The van der Waals surface area contributed by atoms with Crippen LogP contribution in [-0.2, 0) is 11.3 Å². The Morgan fingerprint density at radius 3 is 2.60 bits per heavy atom. The Morgan fingerprint density at radius 1 is 1.16 bits per heavy atom. The highest BCUT2D eigenvalue weighted by Crippen LogP contribution is 2.28. The molecule has 0 radical (unpaired) electrons. The molecule has 0 unspecified atom stereocenters. The summed E-state index contributed by atoms with van der Waals surface area (Å²) in [6.07, 6.45) is 1.55. The van der Waals surface area contributed by atoms with Crippen LogP contribution in [0.5, 0.6) is 5.75 Å². The molecule has 0 spiro atoms. The number of halogens is 2. The van der Waals surface area contributed by atoms with Gasteiger partial charge in [0, 0.05) is 22.5 Å². The van der Waals surface area contributed by atoms with Crippen LogP contribution in [0.3, 0.4) is 0 Å². The largest absolute Gasteiger partial charge is 0.506 e. The molecule has 0 aromatic heterocycles. The third-order valence-electron chi connectivity index (χ3n) is 4.53. The number of amides is 1. The number of hydrogen-bond donors (Lipinski definition) is 2. The average molecular weight is 379 g/mol. The molecule has 0 saturated carbocycles. The van der Waals surface area contributed by atoms with Crippen molar-refractivity contribution >= 4 is 34.8 Å². The van der Waals surface area contributed by atoms with Gasteiger partial charge in [-0.25, -0.2) is 0 Å². The number of phenolic OH excluding ortho intramolecular Hbond substituents is 1. The zero-order valence-electron chi connectivity index (χ0n) is 13.7. The number of nitrogens with one attached hydrogen (secondary N) is 1. The Balaban J connectivity index is 1.54. The van der Waals surface area contributed by atoms with E-state index in [4.69, 9.17) is 23.2 Å². The van der Waals surface area contributed by atoms with Crippen molar-refractivity contribution in [3.63, 3.8) is 0 Å². The van der Waals surface area contributed by atoms with Crippen molar-refractivity contribution in [1.82, 2.24) is 4.90 Å². The molecule has 0 aliphatic carbocycles. The lowest BCUT2D eigenvalue weighted by Gasteiger charge is -2.31. The van der Waals surface area contributed by atoms with Gasteiger partial charge < -0.3 is 10.4 Å². The Labute approximate surface area is 157 Å².